The highest BCUT2D eigenvalue weighted by molar-refractivity contribution is 5.41. The average Bonchev–Trinajstić information content (AvgIpc) is 2.39. The van der Waals surface area contributed by atoms with Crippen LogP contribution >= 0.6 is 0 Å². The maximum absolute atomic E-state index is 8.83. The summed E-state index contributed by atoms with van der Waals surface area (Å²) in [5.74, 6) is 0.771. The van der Waals surface area contributed by atoms with Crippen LogP contribution in [0.2, 0.25) is 0 Å². The van der Waals surface area contributed by atoms with Crippen LogP contribution in [0.4, 0.5) is 0 Å². The van der Waals surface area contributed by atoms with Gasteiger partial charge in [0.05, 0.1) is 11.6 Å². The van der Waals surface area contributed by atoms with Gasteiger partial charge in [-0.2, -0.15) is 5.26 Å². The van der Waals surface area contributed by atoms with Crippen LogP contribution in [0.1, 0.15) is 16.7 Å². The highest BCUT2D eigenvalue weighted by atomic mass is 16.5. The molecular formula is C15H13NO. The van der Waals surface area contributed by atoms with Crippen LogP contribution in [0.3, 0.4) is 0 Å². The summed E-state index contributed by atoms with van der Waals surface area (Å²) in [6, 6.07) is 17.6. The third kappa shape index (κ3) is 2.85. The predicted molar refractivity (Wildman–Crippen MR) is 66.7 cm³/mol. The summed E-state index contributed by atoms with van der Waals surface area (Å²) >= 11 is 0. The van der Waals surface area contributed by atoms with Gasteiger partial charge in [0.1, 0.15) is 12.4 Å². The van der Waals surface area contributed by atoms with E-state index in [0.717, 1.165) is 16.9 Å². The van der Waals surface area contributed by atoms with E-state index in [4.69, 9.17) is 10.00 Å². The van der Waals surface area contributed by atoms with Gasteiger partial charge in [-0.15, -0.1) is 0 Å². The average molecular weight is 223 g/mol. The molecule has 0 saturated carbocycles. The van der Waals surface area contributed by atoms with Gasteiger partial charge in [-0.05, 0) is 30.2 Å². The Balaban J connectivity index is 2.12. The van der Waals surface area contributed by atoms with Crippen LogP contribution in [0.25, 0.3) is 0 Å². The molecule has 0 fully saturated rings. The lowest BCUT2D eigenvalue weighted by Crippen LogP contribution is -1.97. The van der Waals surface area contributed by atoms with Gasteiger partial charge in [0.25, 0.3) is 0 Å². The molecule has 0 N–H and O–H groups in total. The smallest absolute Gasteiger partial charge is 0.124 e. The number of rotatable bonds is 3. The van der Waals surface area contributed by atoms with Crippen molar-refractivity contribution >= 4 is 0 Å². The molecule has 2 aromatic carbocycles. The van der Waals surface area contributed by atoms with Gasteiger partial charge >= 0.3 is 0 Å². The van der Waals surface area contributed by atoms with E-state index in [9.17, 15) is 0 Å². The number of nitriles is 1. The number of ether oxygens (including phenoxy) is 1. The monoisotopic (exact) mass is 223 g/mol. The molecular weight excluding hydrogens is 210 g/mol. The second-order valence-corrected chi connectivity index (χ2v) is 3.87. The van der Waals surface area contributed by atoms with Crippen molar-refractivity contribution in [1.29, 1.82) is 5.26 Å². The summed E-state index contributed by atoms with van der Waals surface area (Å²) in [6.45, 7) is 2.50. The molecule has 0 aliphatic rings. The lowest BCUT2D eigenvalue weighted by atomic mass is 10.1. The predicted octanol–water partition coefficient (Wildman–Crippen LogP) is 3.45. The van der Waals surface area contributed by atoms with Crippen LogP contribution in [0.15, 0.2) is 48.5 Å². The van der Waals surface area contributed by atoms with Crippen molar-refractivity contribution in [2.24, 2.45) is 0 Å². The summed E-state index contributed by atoms with van der Waals surface area (Å²) in [6.07, 6.45) is 0. The quantitative estimate of drug-likeness (QED) is 0.798. The van der Waals surface area contributed by atoms with Gasteiger partial charge in [0.2, 0.25) is 0 Å². The Morgan fingerprint density at radius 3 is 2.59 bits per heavy atom. The largest absolute Gasteiger partial charge is 0.489 e. The fourth-order valence-corrected chi connectivity index (χ4v) is 1.56. The first-order valence-electron chi connectivity index (χ1n) is 5.47. The van der Waals surface area contributed by atoms with E-state index in [-0.39, 0.29) is 0 Å². The van der Waals surface area contributed by atoms with Crippen molar-refractivity contribution in [1.82, 2.24) is 0 Å². The van der Waals surface area contributed by atoms with Gasteiger partial charge in [-0.1, -0.05) is 36.4 Å². The Kier molecular flexibility index (Phi) is 3.42. The minimum atomic E-state index is 0.524. The van der Waals surface area contributed by atoms with Crippen molar-refractivity contribution in [3.05, 3.63) is 65.2 Å². The standard InChI is InChI=1S/C15H13NO/c1-12-7-8-14(10-16)9-15(12)17-11-13-5-3-2-4-6-13/h2-9H,11H2,1H3. The van der Waals surface area contributed by atoms with Gasteiger partial charge in [0, 0.05) is 0 Å². The maximum atomic E-state index is 8.83. The fourth-order valence-electron chi connectivity index (χ4n) is 1.56. The van der Waals surface area contributed by atoms with E-state index >= 15 is 0 Å². The molecule has 0 radical (unpaired) electrons. The van der Waals surface area contributed by atoms with E-state index in [1.807, 2.05) is 43.3 Å². The van der Waals surface area contributed by atoms with E-state index in [1.54, 1.807) is 12.1 Å². The SMILES string of the molecule is Cc1ccc(C#N)cc1OCc1ccccc1. The molecule has 0 unspecified atom stereocenters. The molecule has 0 aromatic heterocycles. The maximum Gasteiger partial charge on any atom is 0.124 e. The van der Waals surface area contributed by atoms with Crippen molar-refractivity contribution in [3.8, 4) is 11.8 Å². The first-order valence-corrected chi connectivity index (χ1v) is 5.47. The zero-order chi connectivity index (χ0) is 12.1. The normalized spacial score (nSPS) is 9.65. The van der Waals surface area contributed by atoms with Crippen molar-refractivity contribution in [3.63, 3.8) is 0 Å². The molecule has 0 bridgehead atoms. The zero-order valence-electron chi connectivity index (χ0n) is 9.68. The molecule has 0 heterocycles. The Morgan fingerprint density at radius 1 is 1.12 bits per heavy atom. The van der Waals surface area contributed by atoms with Gasteiger partial charge in [-0.3, -0.25) is 0 Å². The number of nitrogens with zero attached hydrogens (tertiary/aromatic N) is 1. The highest BCUT2D eigenvalue weighted by Crippen LogP contribution is 2.20. The minimum Gasteiger partial charge on any atom is -0.489 e. The molecule has 0 amide bonds. The molecule has 84 valence electrons. The Labute approximate surface area is 101 Å². The first-order chi connectivity index (χ1) is 8.29. The van der Waals surface area contributed by atoms with Crippen LogP contribution in [0, 0.1) is 18.3 Å². The summed E-state index contributed by atoms with van der Waals surface area (Å²) in [5.41, 5.74) is 2.79. The summed E-state index contributed by atoms with van der Waals surface area (Å²) in [5, 5.41) is 8.83. The molecule has 2 rings (SSSR count). The summed E-state index contributed by atoms with van der Waals surface area (Å²) in [7, 11) is 0. The first kappa shape index (κ1) is 11.2. The molecule has 2 aromatic rings. The van der Waals surface area contributed by atoms with Crippen LogP contribution in [0.5, 0.6) is 5.75 Å². The third-order valence-corrected chi connectivity index (χ3v) is 2.55. The third-order valence-electron chi connectivity index (χ3n) is 2.55. The lowest BCUT2D eigenvalue weighted by molar-refractivity contribution is 0.304. The number of benzene rings is 2. The van der Waals surface area contributed by atoms with Gasteiger partial charge in [0.15, 0.2) is 0 Å². The second-order valence-electron chi connectivity index (χ2n) is 3.87. The van der Waals surface area contributed by atoms with Crippen LogP contribution in [-0.4, -0.2) is 0 Å². The molecule has 0 saturated heterocycles. The van der Waals surface area contributed by atoms with Gasteiger partial charge < -0.3 is 4.74 Å². The zero-order valence-corrected chi connectivity index (χ0v) is 9.68. The second kappa shape index (κ2) is 5.18. The topological polar surface area (TPSA) is 33.0 Å². The Bertz CT molecular complexity index is 541. The minimum absolute atomic E-state index is 0.524. The van der Waals surface area contributed by atoms with E-state index in [2.05, 4.69) is 6.07 Å². The molecule has 17 heavy (non-hydrogen) atoms. The number of hydrogen-bond acceptors (Lipinski definition) is 2. The molecule has 0 spiro atoms. The lowest BCUT2D eigenvalue weighted by Gasteiger charge is -2.09. The number of hydrogen-bond donors (Lipinski definition) is 0. The molecule has 2 heteroatoms. The highest BCUT2D eigenvalue weighted by Gasteiger charge is 2.01. The molecule has 0 aliphatic carbocycles. The fraction of sp³-hybridized carbons (Fsp3) is 0.133. The number of aryl methyl sites for hydroxylation is 1. The van der Waals surface area contributed by atoms with E-state index in [1.165, 1.54) is 0 Å². The van der Waals surface area contributed by atoms with Crippen molar-refractivity contribution in [2.75, 3.05) is 0 Å². The van der Waals surface area contributed by atoms with Crippen LogP contribution in [-0.2, 0) is 6.61 Å². The summed E-state index contributed by atoms with van der Waals surface area (Å²) < 4.78 is 5.71. The van der Waals surface area contributed by atoms with E-state index in [0.29, 0.717) is 12.2 Å². The summed E-state index contributed by atoms with van der Waals surface area (Å²) in [4.78, 5) is 0. The van der Waals surface area contributed by atoms with E-state index < -0.39 is 0 Å². The Hall–Kier alpha value is -2.27. The molecule has 2 nitrogen and oxygen atoms in total. The Morgan fingerprint density at radius 2 is 1.88 bits per heavy atom. The van der Waals surface area contributed by atoms with Gasteiger partial charge in [-0.25, -0.2) is 0 Å². The molecule has 0 atom stereocenters. The van der Waals surface area contributed by atoms with Crippen molar-refractivity contribution in [2.45, 2.75) is 13.5 Å². The van der Waals surface area contributed by atoms with Crippen LogP contribution < -0.4 is 4.74 Å². The molecule has 0 aliphatic heterocycles. The van der Waals surface area contributed by atoms with Crippen molar-refractivity contribution < 1.29 is 4.74 Å².